The summed E-state index contributed by atoms with van der Waals surface area (Å²) < 4.78 is 11.9. The summed E-state index contributed by atoms with van der Waals surface area (Å²) in [7, 11) is 0. The highest BCUT2D eigenvalue weighted by Crippen LogP contribution is 2.73. The monoisotopic (exact) mass is 391 g/mol. The Morgan fingerprint density at radius 2 is 1.86 bits per heavy atom. The van der Waals surface area contributed by atoms with Gasteiger partial charge >= 0.3 is 5.97 Å². The number of hydrogen-bond donors (Lipinski definition) is 2. The molecule has 1 saturated heterocycles. The number of nitrogens with two attached hydrogens (primary N) is 1. The number of aliphatic hydroxyl groups is 1. The van der Waals surface area contributed by atoms with Gasteiger partial charge < -0.3 is 20.3 Å². The Bertz CT molecular complexity index is 726. The second kappa shape index (κ2) is 5.72. The SMILES string of the molecule is CC(=O)O[C@H]1CC[C@H]2[C@@H]3CCC45O[C@@H]4[C@H](O)[C@H](C(N)=O)C[C@]5(C)[C@H]3CC[C@]12C. The molecule has 0 aromatic carbocycles. The van der Waals surface area contributed by atoms with Crippen LogP contribution in [0.4, 0.5) is 0 Å². The number of amides is 1. The highest BCUT2D eigenvalue weighted by Gasteiger charge is 2.78. The van der Waals surface area contributed by atoms with Gasteiger partial charge in [0.15, 0.2) is 0 Å². The lowest BCUT2D eigenvalue weighted by Gasteiger charge is -2.60. The molecule has 0 aromatic rings. The maximum Gasteiger partial charge on any atom is 0.302 e. The van der Waals surface area contributed by atoms with Crippen molar-refractivity contribution in [2.45, 2.75) is 89.6 Å². The van der Waals surface area contributed by atoms with E-state index < -0.39 is 17.9 Å². The van der Waals surface area contributed by atoms with E-state index in [1.54, 1.807) is 0 Å². The van der Waals surface area contributed by atoms with Crippen molar-refractivity contribution < 1.29 is 24.2 Å². The number of carbonyl (C=O) groups excluding carboxylic acids is 2. The van der Waals surface area contributed by atoms with Crippen LogP contribution < -0.4 is 5.73 Å². The first-order valence-electron chi connectivity index (χ1n) is 11.0. The molecule has 6 heteroatoms. The number of rotatable bonds is 2. The maximum atomic E-state index is 12.0. The zero-order valence-electron chi connectivity index (χ0n) is 17.1. The minimum absolute atomic E-state index is 0.0242. The van der Waals surface area contributed by atoms with Crippen LogP contribution in [-0.4, -0.2) is 40.9 Å². The molecule has 1 heterocycles. The highest BCUT2D eigenvalue weighted by atomic mass is 16.6. The number of hydrogen-bond acceptors (Lipinski definition) is 5. The molecule has 1 unspecified atom stereocenters. The molecule has 0 aromatic heterocycles. The molecule has 3 N–H and O–H groups in total. The van der Waals surface area contributed by atoms with Gasteiger partial charge in [-0.1, -0.05) is 13.8 Å². The summed E-state index contributed by atoms with van der Waals surface area (Å²) in [6.07, 6.45) is 5.83. The van der Waals surface area contributed by atoms with Gasteiger partial charge in [-0.15, -0.1) is 0 Å². The Morgan fingerprint density at radius 3 is 2.54 bits per heavy atom. The van der Waals surface area contributed by atoms with Crippen molar-refractivity contribution in [2.75, 3.05) is 0 Å². The minimum atomic E-state index is -0.768. The van der Waals surface area contributed by atoms with Crippen LogP contribution in [-0.2, 0) is 19.1 Å². The molecule has 4 saturated carbocycles. The van der Waals surface area contributed by atoms with Gasteiger partial charge in [-0.05, 0) is 62.7 Å². The van der Waals surface area contributed by atoms with Crippen LogP contribution in [0.2, 0.25) is 0 Å². The number of aliphatic hydroxyl groups excluding tert-OH is 1. The average molecular weight is 392 g/mol. The summed E-state index contributed by atoms with van der Waals surface area (Å²) in [6, 6.07) is 0. The van der Waals surface area contributed by atoms with Gasteiger partial charge in [-0.2, -0.15) is 0 Å². The summed E-state index contributed by atoms with van der Waals surface area (Å²) in [4.78, 5) is 23.7. The zero-order valence-corrected chi connectivity index (χ0v) is 17.1. The van der Waals surface area contributed by atoms with E-state index in [2.05, 4.69) is 13.8 Å². The van der Waals surface area contributed by atoms with Crippen LogP contribution in [0.1, 0.15) is 65.7 Å². The Kier molecular flexibility index (Phi) is 3.85. The van der Waals surface area contributed by atoms with E-state index in [0.717, 1.165) is 38.5 Å². The van der Waals surface area contributed by atoms with Gasteiger partial charge in [0.05, 0.1) is 12.0 Å². The molecular formula is C22H33NO5. The van der Waals surface area contributed by atoms with Crippen molar-refractivity contribution in [2.24, 2.45) is 40.2 Å². The Hall–Kier alpha value is -1.14. The number of esters is 1. The van der Waals surface area contributed by atoms with Gasteiger partial charge in [0.2, 0.25) is 5.91 Å². The molecule has 5 fully saturated rings. The first kappa shape index (κ1) is 18.9. The summed E-state index contributed by atoms with van der Waals surface area (Å²) in [5.41, 5.74) is 5.30. The number of carbonyl (C=O) groups is 2. The van der Waals surface area contributed by atoms with E-state index >= 15 is 0 Å². The lowest BCUT2D eigenvalue weighted by Crippen LogP contribution is -2.61. The Labute approximate surface area is 166 Å². The van der Waals surface area contributed by atoms with Crippen molar-refractivity contribution >= 4 is 11.9 Å². The summed E-state index contributed by atoms with van der Waals surface area (Å²) in [5.74, 6) is 0.467. The fourth-order valence-electron chi connectivity index (χ4n) is 8.39. The lowest BCUT2D eigenvalue weighted by molar-refractivity contribution is -0.164. The van der Waals surface area contributed by atoms with Crippen LogP contribution in [0.3, 0.4) is 0 Å². The second-order valence-corrected chi connectivity index (χ2v) is 10.7. The first-order valence-corrected chi connectivity index (χ1v) is 11.0. The molecule has 156 valence electrons. The van der Waals surface area contributed by atoms with E-state index in [4.69, 9.17) is 15.2 Å². The van der Waals surface area contributed by atoms with Crippen LogP contribution in [0, 0.1) is 34.5 Å². The number of primary amides is 1. The van der Waals surface area contributed by atoms with Crippen molar-refractivity contribution in [3.8, 4) is 0 Å². The molecule has 10 atom stereocenters. The van der Waals surface area contributed by atoms with Crippen molar-refractivity contribution in [1.82, 2.24) is 0 Å². The zero-order chi connectivity index (χ0) is 20.1. The van der Waals surface area contributed by atoms with Crippen molar-refractivity contribution in [1.29, 1.82) is 0 Å². The third kappa shape index (κ3) is 2.16. The smallest absolute Gasteiger partial charge is 0.302 e. The normalized spacial score (nSPS) is 56.6. The number of fused-ring (bicyclic) bond motifs is 4. The molecule has 5 rings (SSSR count). The average Bonchev–Trinajstić information content (AvgIpc) is 3.28. The molecule has 1 amide bonds. The van der Waals surface area contributed by atoms with Crippen LogP contribution in [0.25, 0.3) is 0 Å². The fourth-order valence-corrected chi connectivity index (χ4v) is 8.39. The third-order valence-electron chi connectivity index (χ3n) is 9.76. The summed E-state index contributed by atoms with van der Waals surface area (Å²) >= 11 is 0. The Morgan fingerprint density at radius 1 is 1.11 bits per heavy atom. The lowest BCUT2D eigenvalue weighted by atomic mass is 9.44. The number of ether oxygens (including phenoxy) is 2. The largest absolute Gasteiger partial charge is 0.462 e. The predicted molar refractivity (Wildman–Crippen MR) is 101 cm³/mol. The maximum absolute atomic E-state index is 12.0. The van der Waals surface area contributed by atoms with E-state index in [0.29, 0.717) is 24.2 Å². The van der Waals surface area contributed by atoms with Crippen LogP contribution >= 0.6 is 0 Å². The summed E-state index contributed by atoms with van der Waals surface area (Å²) in [5, 5.41) is 10.6. The molecule has 5 aliphatic rings. The quantitative estimate of drug-likeness (QED) is 0.555. The molecule has 0 radical (unpaired) electrons. The molecule has 28 heavy (non-hydrogen) atoms. The summed E-state index contributed by atoms with van der Waals surface area (Å²) in [6.45, 7) is 6.11. The first-order chi connectivity index (χ1) is 13.1. The van der Waals surface area contributed by atoms with E-state index in [-0.39, 0.29) is 34.6 Å². The van der Waals surface area contributed by atoms with Crippen LogP contribution in [0.15, 0.2) is 0 Å². The van der Waals surface area contributed by atoms with E-state index in [9.17, 15) is 14.7 Å². The van der Waals surface area contributed by atoms with Crippen molar-refractivity contribution in [3.05, 3.63) is 0 Å². The number of epoxide rings is 1. The van der Waals surface area contributed by atoms with Crippen LogP contribution in [0.5, 0.6) is 0 Å². The standard InChI is InChI=1S/C22H33NO5/c1-11(24)27-16-5-4-14-12-6-9-22-18(28-22)17(25)13(19(23)26)10-21(22,3)15(12)7-8-20(14,16)2/h12-18,25H,4-10H2,1-3H3,(H2,23,26)/t12-,13+,14-,15-,16-,17+,18+,20-,21+,22?/m0/s1. The fraction of sp³-hybridized carbons (Fsp3) is 0.909. The molecule has 1 spiro atoms. The molecule has 0 bridgehead atoms. The molecule has 4 aliphatic carbocycles. The van der Waals surface area contributed by atoms with E-state index in [1.807, 2.05) is 0 Å². The molecule has 1 aliphatic heterocycles. The van der Waals surface area contributed by atoms with Gasteiger partial charge in [0, 0.05) is 17.8 Å². The third-order valence-corrected chi connectivity index (χ3v) is 9.76. The minimum Gasteiger partial charge on any atom is -0.462 e. The molecule has 6 nitrogen and oxygen atoms in total. The van der Waals surface area contributed by atoms with Gasteiger partial charge in [0.25, 0.3) is 0 Å². The second-order valence-electron chi connectivity index (χ2n) is 10.7. The predicted octanol–water partition coefficient (Wildman–Crippen LogP) is 2.16. The highest BCUT2D eigenvalue weighted by molar-refractivity contribution is 5.78. The topological polar surface area (TPSA) is 102 Å². The molecular weight excluding hydrogens is 358 g/mol. The van der Waals surface area contributed by atoms with E-state index in [1.165, 1.54) is 6.92 Å². The van der Waals surface area contributed by atoms with Gasteiger partial charge in [0.1, 0.15) is 17.8 Å². The van der Waals surface area contributed by atoms with Crippen molar-refractivity contribution in [3.63, 3.8) is 0 Å². The van der Waals surface area contributed by atoms with Gasteiger partial charge in [-0.25, -0.2) is 0 Å². The van der Waals surface area contributed by atoms with Gasteiger partial charge in [-0.3, -0.25) is 9.59 Å². The Balaban J connectivity index is 1.45.